The van der Waals surface area contributed by atoms with Crippen molar-refractivity contribution < 1.29 is 0 Å². The Balaban J connectivity index is 0. The summed E-state index contributed by atoms with van der Waals surface area (Å²) in [5, 5.41) is 0. The molecule has 2 aromatic carbocycles. The van der Waals surface area contributed by atoms with Crippen LogP contribution in [0, 0.1) is 0 Å². The predicted octanol–water partition coefficient (Wildman–Crippen LogP) is 7.10. The Morgan fingerprint density at radius 1 is 0.667 bits per heavy atom. The lowest BCUT2D eigenvalue weighted by molar-refractivity contribution is 1.09. The van der Waals surface area contributed by atoms with Gasteiger partial charge in [0.25, 0.3) is 0 Å². The zero-order chi connectivity index (χ0) is 16.3. The molecule has 0 radical (unpaired) electrons. The van der Waals surface area contributed by atoms with Crippen LogP contribution in [-0.2, 0) is 0 Å². The quantitative estimate of drug-likeness (QED) is 0.551. The van der Waals surface area contributed by atoms with Gasteiger partial charge in [-0.3, -0.25) is 0 Å². The van der Waals surface area contributed by atoms with E-state index in [4.69, 9.17) is 0 Å². The maximum atomic E-state index is 3.63. The molecule has 0 nitrogen and oxygen atoms in total. The van der Waals surface area contributed by atoms with Gasteiger partial charge in [0.1, 0.15) is 0 Å². The monoisotopic (exact) mass is 282 g/mol. The lowest BCUT2D eigenvalue weighted by Gasteiger charge is -1.85. The average Bonchev–Trinajstić information content (AvgIpc) is 2.59. The second-order valence-electron chi connectivity index (χ2n) is 3.94. The first kappa shape index (κ1) is 21.2. The number of benzene rings is 2. The van der Waals surface area contributed by atoms with Gasteiger partial charge in [-0.15, -0.1) is 0 Å². The minimum Gasteiger partial charge on any atom is -0.0985 e. The number of hydrogen-bond donors (Lipinski definition) is 0. The van der Waals surface area contributed by atoms with Crippen LogP contribution < -0.4 is 0 Å². The van der Waals surface area contributed by atoms with E-state index in [-0.39, 0.29) is 0 Å². The summed E-state index contributed by atoms with van der Waals surface area (Å²) < 4.78 is 0. The van der Waals surface area contributed by atoms with Crippen LogP contribution >= 0.6 is 0 Å². The lowest BCUT2D eigenvalue weighted by atomic mass is 10.2. The van der Waals surface area contributed by atoms with Gasteiger partial charge < -0.3 is 0 Å². The van der Waals surface area contributed by atoms with Crippen LogP contribution in [0.15, 0.2) is 73.8 Å². The van der Waals surface area contributed by atoms with Gasteiger partial charge in [-0.2, -0.15) is 0 Å². The summed E-state index contributed by atoms with van der Waals surface area (Å²) in [6.07, 6.45) is 4.92. The second-order valence-corrected chi connectivity index (χ2v) is 3.94. The van der Waals surface area contributed by atoms with Crippen molar-refractivity contribution in [1.82, 2.24) is 0 Å². The Hall–Kier alpha value is -2.08. The van der Waals surface area contributed by atoms with Crippen molar-refractivity contribution >= 4 is 12.2 Å². The molecule has 0 N–H and O–H groups in total. The van der Waals surface area contributed by atoms with Gasteiger partial charge >= 0.3 is 0 Å². The molecule has 0 aliphatic carbocycles. The highest BCUT2D eigenvalue weighted by Gasteiger charge is 1.76. The maximum Gasteiger partial charge on any atom is -0.0263 e. The number of rotatable bonds is 2. The van der Waals surface area contributed by atoms with E-state index in [1.165, 1.54) is 17.5 Å². The molecule has 21 heavy (non-hydrogen) atoms. The standard InChI is InChI=1S/2C8H8.C3H8.C2H6/c2*1-2-8-6-4-3-5-7-8;1-3-2;1-2/h2*2-7H,1H2;3H2,1-2H3;1-2H3. The van der Waals surface area contributed by atoms with E-state index in [0.29, 0.717) is 0 Å². The third-order valence-corrected chi connectivity index (χ3v) is 2.07. The summed E-state index contributed by atoms with van der Waals surface area (Å²) in [4.78, 5) is 0. The molecule has 0 heteroatoms. The van der Waals surface area contributed by atoms with Crippen molar-refractivity contribution in [2.24, 2.45) is 0 Å². The van der Waals surface area contributed by atoms with Crippen LogP contribution in [0.25, 0.3) is 12.2 Å². The van der Waals surface area contributed by atoms with Crippen LogP contribution in [0.5, 0.6) is 0 Å². The summed E-state index contributed by atoms with van der Waals surface area (Å²) in [7, 11) is 0. The van der Waals surface area contributed by atoms with E-state index in [0.717, 1.165) is 0 Å². The van der Waals surface area contributed by atoms with Gasteiger partial charge in [0.15, 0.2) is 0 Å². The molecule has 2 rings (SSSR count). The molecule has 114 valence electrons. The molecule has 0 bridgehead atoms. The molecule has 0 fully saturated rings. The van der Waals surface area contributed by atoms with Crippen molar-refractivity contribution in [3.63, 3.8) is 0 Å². The van der Waals surface area contributed by atoms with Gasteiger partial charge in [0.05, 0.1) is 0 Å². The van der Waals surface area contributed by atoms with E-state index in [9.17, 15) is 0 Å². The van der Waals surface area contributed by atoms with Gasteiger partial charge in [0.2, 0.25) is 0 Å². The first-order valence-corrected chi connectivity index (χ1v) is 7.63. The van der Waals surface area contributed by atoms with Crippen molar-refractivity contribution in [2.45, 2.75) is 34.1 Å². The highest BCUT2D eigenvalue weighted by molar-refractivity contribution is 5.46. The first-order valence-electron chi connectivity index (χ1n) is 7.63. The molecule has 0 saturated heterocycles. The Kier molecular flexibility index (Phi) is 18.1. The summed E-state index contributed by atoms with van der Waals surface area (Å²) in [5.41, 5.74) is 2.35. The Bertz CT molecular complexity index is 383. The van der Waals surface area contributed by atoms with Crippen LogP contribution in [0.2, 0.25) is 0 Å². The molecule has 0 aliphatic heterocycles. The maximum absolute atomic E-state index is 3.63. The van der Waals surface area contributed by atoms with Gasteiger partial charge in [-0.05, 0) is 11.1 Å². The summed E-state index contributed by atoms with van der Waals surface area (Å²) in [5.74, 6) is 0. The van der Waals surface area contributed by atoms with Crippen molar-refractivity contribution in [3.05, 3.63) is 84.9 Å². The molecule has 0 heterocycles. The molecule has 0 aromatic heterocycles. The van der Waals surface area contributed by atoms with Gasteiger partial charge in [0, 0.05) is 0 Å². The molecule has 0 amide bonds. The minimum absolute atomic E-state index is 1.17. The largest absolute Gasteiger partial charge is 0.0985 e. The zero-order valence-corrected chi connectivity index (χ0v) is 14.0. The Morgan fingerprint density at radius 2 is 0.905 bits per heavy atom. The van der Waals surface area contributed by atoms with Crippen LogP contribution in [0.1, 0.15) is 45.2 Å². The normalized spacial score (nSPS) is 7.62. The molecule has 0 saturated carbocycles. The van der Waals surface area contributed by atoms with E-state index < -0.39 is 0 Å². The molecule has 2 aromatic rings. The van der Waals surface area contributed by atoms with Crippen molar-refractivity contribution in [3.8, 4) is 0 Å². The smallest absolute Gasteiger partial charge is 0.0263 e. The first-order chi connectivity index (χ1) is 10.3. The van der Waals surface area contributed by atoms with E-state index in [1.54, 1.807) is 0 Å². The Morgan fingerprint density at radius 3 is 1.05 bits per heavy atom. The summed E-state index contributed by atoms with van der Waals surface area (Å²) in [6, 6.07) is 20.1. The highest BCUT2D eigenvalue weighted by Crippen LogP contribution is 1.98. The average molecular weight is 282 g/mol. The fourth-order valence-corrected chi connectivity index (χ4v) is 1.18. The molecular weight excluding hydrogens is 252 g/mol. The third kappa shape index (κ3) is 14.1. The summed E-state index contributed by atoms with van der Waals surface area (Å²) in [6.45, 7) is 15.5. The highest BCUT2D eigenvalue weighted by atomic mass is 13.8. The lowest BCUT2D eigenvalue weighted by Crippen LogP contribution is -1.63. The van der Waals surface area contributed by atoms with Crippen LogP contribution in [0.4, 0.5) is 0 Å². The predicted molar refractivity (Wildman–Crippen MR) is 100 cm³/mol. The van der Waals surface area contributed by atoms with E-state index >= 15 is 0 Å². The fourth-order valence-electron chi connectivity index (χ4n) is 1.18. The molecule has 0 aliphatic rings. The van der Waals surface area contributed by atoms with Gasteiger partial charge in [-0.25, -0.2) is 0 Å². The second kappa shape index (κ2) is 17.9. The topological polar surface area (TPSA) is 0 Å². The number of hydrogen-bond acceptors (Lipinski definition) is 0. The van der Waals surface area contributed by atoms with Crippen molar-refractivity contribution in [2.75, 3.05) is 0 Å². The zero-order valence-electron chi connectivity index (χ0n) is 14.0. The molecule has 0 unspecified atom stereocenters. The third-order valence-electron chi connectivity index (χ3n) is 2.07. The van der Waals surface area contributed by atoms with Gasteiger partial charge in [-0.1, -0.05) is 120 Å². The summed E-state index contributed by atoms with van der Waals surface area (Å²) >= 11 is 0. The van der Waals surface area contributed by atoms with Crippen molar-refractivity contribution in [1.29, 1.82) is 0 Å². The van der Waals surface area contributed by atoms with E-state index in [1.807, 2.05) is 86.7 Å². The molecule has 0 spiro atoms. The Labute approximate surface area is 131 Å². The van der Waals surface area contributed by atoms with Crippen LogP contribution in [0.3, 0.4) is 0 Å². The SMILES string of the molecule is C=Cc1ccccc1.C=Cc1ccccc1.CC.CCC. The molecule has 0 atom stereocenters. The minimum atomic E-state index is 1.17. The molecular formula is C21H30. The van der Waals surface area contributed by atoms with E-state index in [2.05, 4.69) is 27.0 Å². The van der Waals surface area contributed by atoms with Crippen LogP contribution in [-0.4, -0.2) is 0 Å². The fraction of sp³-hybridized carbons (Fsp3) is 0.238.